The van der Waals surface area contributed by atoms with E-state index in [1.165, 1.54) is 0 Å². The lowest BCUT2D eigenvalue weighted by atomic mass is 10.1. The molecule has 2 N–H and O–H groups in total. The topological polar surface area (TPSA) is 53.6 Å². The maximum absolute atomic E-state index is 12.1. The molecule has 3 rings (SSSR count). The molecule has 1 heterocycles. The molecule has 5 heteroatoms. The zero-order valence-electron chi connectivity index (χ0n) is 14.8. The molecule has 2 aromatic rings. The van der Waals surface area contributed by atoms with Gasteiger partial charge in [-0.1, -0.05) is 17.7 Å². The van der Waals surface area contributed by atoms with Gasteiger partial charge in [0.05, 0.1) is 6.10 Å². The number of benzene rings is 2. The average molecular weight is 339 g/mol. The number of aryl methyl sites for hydroxylation is 1. The summed E-state index contributed by atoms with van der Waals surface area (Å²) >= 11 is 0. The molecule has 0 aromatic heterocycles. The van der Waals surface area contributed by atoms with Crippen LogP contribution in [0.4, 0.5) is 21.9 Å². The third-order valence-corrected chi connectivity index (χ3v) is 4.51. The van der Waals surface area contributed by atoms with Crippen molar-refractivity contribution in [1.82, 2.24) is 0 Å². The van der Waals surface area contributed by atoms with Crippen LogP contribution in [0.3, 0.4) is 0 Å². The Morgan fingerprint density at radius 2 is 1.64 bits per heavy atom. The number of methoxy groups -OCH3 is 1. The van der Waals surface area contributed by atoms with E-state index in [-0.39, 0.29) is 6.03 Å². The van der Waals surface area contributed by atoms with Crippen LogP contribution >= 0.6 is 0 Å². The van der Waals surface area contributed by atoms with Gasteiger partial charge in [0.2, 0.25) is 0 Å². The van der Waals surface area contributed by atoms with E-state index in [2.05, 4.69) is 15.5 Å². The average Bonchev–Trinajstić information content (AvgIpc) is 2.64. The number of ether oxygens (including phenoxy) is 1. The molecule has 1 aliphatic heterocycles. The third kappa shape index (κ3) is 4.73. The molecule has 1 fully saturated rings. The molecule has 0 unspecified atom stereocenters. The highest BCUT2D eigenvalue weighted by molar-refractivity contribution is 5.99. The molecule has 0 saturated carbocycles. The number of rotatable bonds is 4. The Kier molecular flexibility index (Phi) is 5.56. The Bertz CT molecular complexity index is 698. The van der Waals surface area contributed by atoms with Crippen molar-refractivity contribution < 1.29 is 9.53 Å². The van der Waals surface area contributed by atoms with Crippen molar-refractivity contribution in [3.63, 3.8) is 0 Å². The Morgan fingerprint density at radius 1 is 1.04 bits per heavy atom. The van der Waals surface area contributed by atoms with Crippen LogP contribution in [0, 0.1) is 6.92 Å². The van der Waals surface area contributed by atoms with Crippen molar-refractivity contribution >= 4 is 23.1 Å². The van der Waals surface area contributed by atoms with Gasteiger partial charge in [-0.05, 0) is 56.2 Å². The number of carbonyl (C=O) groups excluding carboxylic acids is 1. The predicted molar refractivity (Wildman–Crippen MR) is 103 cm³/mol. The molecule has 2 aromatic carbocycles. The Morgan fingerprint density at radius 3 is 2.24 bits per heavy atom. The Balaban J connectivity index is 1.56. The van der Waals surface area contributed by atoms with Gasteiger partial charge >= 0.3 is 6.03 Å². The molecule has 5 nitrogen and oxygen atoms in total. The van der Waals surface area contributed by atoms with E-state index >= 15 is 0 Å². The van der Waals surface area contributed by atoms with Crippen LogP contribution in [0.5, 0.6) is 0 Å². The van der Waals surface area contributed by atoms with Crippen LogP contribution in [0.2, 0.25) is 0 Å². The van der Waals surface area contributed by atoms with Crippen LogP contribution in [0.1, 0.15) is 18.4 Å². The van der Waals surface area contributed by atoms with Crippen molar-refractivity contribution in [2.24, 2.45) is 0 Å². The van der Waals surface area contributed by atoms with E-state index < -0.39 is 0 Å². The SMILES string of the molecule is CO[C@H]1CCCN(c2ccc(NC(=O)Nc3ccc(C)cc3)cc2)C1. The first kappa shape index (κ1) is 17.3. The van der Waals surface area contributed by atoms with Gasteiger partial charge in [0.15, 0.2) is 0 Å². The van der Waals surface area contributed by atoms with Crippen LogP contribution in [0.25, 0.3) is 0 Å². The highest BCUT2D eigenvalue weighted by Gasteiger charge is 2.19. The quantitative estimate of drug-likeness (QED) is 0.875. The number of amides is 2. The molecule has 25 heavy (non-hydrogen) atoms. The summed E-state index contributed by atoms with van der Waals surface area (Å²) in [5.41, 5.74) is 3.87. The van der Waals surface area contributed by atoms with E-state index in [0.717, 1.165) is 48.6 Å². The highest BCUT2D eigenvalue weighted by atomic mass is 16.5. The highest BCUT2D eigenvalue weighted by Crippen LogP contribution is 2.23. The zero-order valence-corrected chi connectivity index (χ0v) is 14.8. The third-order valence-electron chi connectivity index (χ3n) is 4.51. The molecule has 2 amide bonds. The number of hydrogen-bond acceptors (Lipinski definition) is 3. The number of nitrogens with zero attached hydrogens (tertiary/aromatic N) is 1. The van der Waals surface area contributed by atoms with Crippen LogP contribution in [0.15, 0.2) is 48.5 Å². The largest absolute Gasteiger partial charge is 0.380 e. The number of piperidine rings is 1. The van der Waals surface area contributed by atoms with Gasteiger partial charge in [0.25, 0.3) is 0 Å². The first-order valence-electron chi connectivity index (χ1n) is 8.66. The van der Waals surface area contributed by atoms with Crippen molar-refractivity contribution in [3.05, 3.63) is 54.1 Å². The summed E-state index contributed by atoms with van der Waals surface area (Å²) in [4.78, 5) is 14.4. The van der Waals surface area contributed by atoms with Crippen molar-refractivity contribution in [1.29, 1.82) is 0 Å². The van der Waals surface area contributed by atoms with Gasteiger partial charge in [0.1, 0.15) is 0 Å². The minimum Gasteiger partial charge on any atom is -0.380 e. The van der Waals surface area contributed by atoms with Gasteiger partial charge < -0.3 is 20.3 Å². The van der Waals surface area contributed by atoms with Gasteiger partial charge in [-0.3, -0.25) is 0 Å². The van der Waals surface area contributed by atoms with Crippen molar-refractivity contribution in [2.75, 3.05) is 35.7 Å². The van der Waals surface area contributed by atoms with Gasteiger partial charge in [0, 0.05) is 37.3 Å². The molecule has 0 spiro atoms. The molecule has 1 aliphatic rings. The summed E-state index contributed by atoms with van der Waals surface area (Å²) in [5.74, 6) is 0. The molecule has 132 valence electrons. The van der Waals surface area contributed by atoms with E-state index in [4.69, 9.17) is 4.74 Å². The minimum atomic E-state index is -0.242. The molecule has 0 bridgehead atoms. The summed E-state index contributed by atoms with van der Waals surface area (Å²) in [6.07, 6.45) is 2.55. The Labute approximate surface area is 149 Å². The zero-order chi connectivity index (χ0) is 17.6. The number of carbonyl (C=O) groups is 1. The van der Waals surface area contributed by atoms with Gasteiger partial charge in [-0.15, -0.1) is 0 Å². The summed E-state index contributed by atoms with van der Waals surface area (Å²) in [7, 11) is 1.77. The van der Waals surface area contributed by atoms with Crippen molar-refractivity contribution in [3.8, 4) is 0 Å². The fourth-order valence-corrected chi connectivity index (χ4v) is 3.05. The maximum Gasteiger partial charge on any atom is 0.323 e. The predicted octanol–water partition coefficient (Wildman–Crippen LogP) is 4.25. The smallest absolute Gasteiger partial charge is 0.323 e. The lowest BCUT2D eigenvalue weighted by Gasteiger charge is -2.33. The monoisotopic (exact) mass is 339 g/mol. The van der Waals surface area contributed by atoms with E-state index in [1.54, 1.807) is 7.11 Å². The summed E-state index contributed by atoms with van der Waals surface area (Å²) in [5, 5.41) is 5.69. The summed E-state index contributed by atoms with van der Waals surface area (Å²) in [6.45, 7) is 3.97. The fourth-order valence-electron chi connectivity index (χ4n) is 3.05. The second kappa shape index (κ2) is 8.03. The second-order valence-electron chi connectivity index (χ2n) is 6.44. The minimum absolute atomic E-state index is 0.242. The lowest BCUT2D eigenvalue weighted by Crippen LogP contribution is -2.39. The van der Waals surface area contributed by atoms with Crippen LogP contribution < -0.4 is 15.5 Å². The van der Waals surface area contributed by atoms with Crippen LogP contribution in [-0.2, 0) is 4.74 Å². The number of anilines is 3. The van der Waals surface area contributed by atoms with Gasteiger partial charge in [-0.2, -0.15) is 0 Å². The second-order valence-corrected chi connectivity index (χ2v) is 6.44. The maximum atomic E-state index is 12.1. The number of urea groups is 1. The molecular weight excluding hydrogens is 314 g/mol. The van der Waals surface area contributed by atoms with Crippen LogP contribution in [-0.4, -0.2) is 32.3 Å². The number of nitrogens with one attached hydrogen (secondary N) is 2. The molecular formula is C20H25N3O2. The molecule has 1 saturated heterocycles. The van der Waals surface area contributed by atoms with E-state index in [0.29, 0.717) is 6.10 Å². The standard InChI is InChI=1S/C20H25N3O2/c1-15-5-7-16(8-6-15)21-20(24)22-17-9-11-18(12-10-17)23-13-3-4-19(14-23)25-2/h5-12,19H,3-4,13-14H2,1-2H3,(H2,21,22,24)/t19-/m0/s1. The fraction of sp³-hybridized carbons (Fsp3) is 0.350. The molecule has 0 aliphatic carbocycles. The normalized spacial score (nSPS) is 17.2. The van der Waals surface area contributed by atoms with Gasteiger partial charge in [-0.25, -0.2) is 4.79 Å². The Hall–Kier alpha value is -2.53. The summed E-state index contributed by atoms with van der Waals surface area (Å²) < 4.78 is 5.48. The van der Waals surface area contributed by atoms with E-state index in [9.17, 15) is 4.79 Å². The van der Waals surface area contributed by atoms with E-state index in [1.807, 2.05) is 55.5 Å². The summed E-state index contributed by atoms with van der Waals surface area (Å²) in [6, 6.07) is 15.4. The lowest BCUT2D eigenvalue weighted by molar-refractivity contribution is 0.0893. The first-order chi connectivity index (χ1) is 12.1. The number of hydrogen-bond donors (Lipinski definition) is 2. The van der Waals surface area contributed by atoms with Crippen molar-refractivity contribution in [2.45, 2.75) is 25.9 Å². The molecule has 0 radical (unpaired) electrons. The first-order valence-corrected chi connectivity index (χ1v) is 8.66. The molecule has 1 atom stereocenters.